The molecule has 0 heterocycles. The van der Waals surface area contributed by atoms with Gasteiger partial charge in [-0.15, -0.1) is 0 Å². The molecule has 1 aliphatic carbocycles. The van der Waals surface area contributed by atoms with Crippen molar-refractivity contribution < 1.29 is 0 Å². The third-order valence-corrected chi connectivity index (χ3v) is 2.33. The maximum absolute atomic E-state index is 5.83. The smallest absolute Gasteiger partial charge is 0.0366 e. The highest BCUT2D eigenvalue weighted by Crippen LogP contribution is 2.26. The van der Waals surface area contributed by atoms with Gasteiger partial charge in [0.05, 0.1) is 0 Å². The molecule has 2 unspecified atom stereocenters. The van der Waals surface area contributed by atoms with Crippen LogP contribution in [0.5, 0.6) is 0 Å². The third-order valence-electron chi connectivity index (χ3n) is 2.08. The van der Waals surface area contributed by atoms with Crippen molar-refractivity contribution in [3.05, 3.63) is 23.3 Å². The van der Waals surface area contributed by atoms with Crippen LogP contribution in [0, 0.1) is 11.8 Å². The van der Waals surface area contributed by atoms with Gasteiger partial charge in [-0.05, 0) is 24.3 Å². The summed E-state index contributed by atoms with van der Waals surface area (Å²) in [6, 6.07) is 0. The first-order valence-corrected chi connectivity index (χ1v) is 4.17. The van der Waals surface area contributed by atoms with Gasteiger partial charge in [-0.2, -0.15) is 0 Å². The summed E-state index contributed by atoms with van der Waals surface area (Å²) < 4.78 is 0. The van der Waals surface area contributed by atoms with Crippen LogP contribution in [-0.4, -0.2) is 0 Å². The van der Waals surface area contributed by atoms with E-state index in [9.17, 15) is 0 Å². The summed E-state index contributed by atoms with van der Waals surface area (Å²) in [6.45, 7) is 4.42. The molecule has 0 amide bonds. The first kappa shape index (κ1) is 7.87. The number of halogens is 1. The summed E-state index contributed by atoms with van der Waals surface area (Å²) in [5.41, 5.74) is 0. The highest BCUT2D eigenvalue weighted by atomic mass is 35.5. The van der Waals surface area contributed by atoms with E-state index in [4.69, 9.17) is 11.6 Å². The molecule has 0 radical (unpaired) electrons. The monoisotopic (exact) mass is 156 g/mol. The van der Waals surface area contributed by atoms with Crippen molar-refractivity contribution in [2.45, 2.75) is 20.3 Å². The molecule has 2 atom stereocenters. The van der Waals surface area contributed by atoms with Crippen LogP contribution in [0.1, 0.15) is 20.3 Å². The molecule has 0 bridgehead atoms. The minimum absolute atomic E-state index is 0.650. The fourth-order valence-corrected chi connectivity index (χ4v) is 1.52. The minimum Gasteiger partial charge on any atom is -0.0847 e. The highest BCUT2D eigenvalue weighted by molar-refractivity contribution is 6.31. The molecule has 10 heavy (non-hydrogen) atoms. The largest absolute Gasteiger partial charge is 0.0847 e. The molecule has 0 spiro atoms. The van der Waals surface area contributed by atoms with Crippen LogP contribution >= 0.6 is 11.6 Å². The molecule has 1 heteroatoms. The van der Waals surface area contributed by atoms with Gasteiger partial charge in [0.15, 0.2) is 0 Å². The molecule has 0 saturated heterocycles. The zero-order valence-electron chi connectivity index (χ0n) is 6.47. The second kappa shape index (κ2) is 3.25. The fraction of sp³-hybridized carbons (Fsp3) is 0.556. The van der Waals surface area contributed by atoms with E-state index in [0.29, 0.717) is 11.8 Å². The lowest BCUT2D eigenvalue weighted by molar-refractivity contribution is 0.491. The number of rotatable bonds is 1. The lowest BCUT2D eigenvalue weighted by Gasteiger charge is -2.19. The standard InChI is InChI=1S/C9H13Cl/c1-3-8-6-9(10)5-4-7(8)2/h4-8H,3H2,1-2H3. The van der Waals surface area contributed by atoms with Crippen molar-refractivity contribution in [3.8, 4) is 0 Å². The molecular formula is C9H13Cl. The minimum atomic E-state index is 0.650. The Kier molecular flexibility index (Phi) is 2.56. The van der Waals surface area contributed by atoms with Crippen LogP contribution in [0.4, 0.5) is 0 Å². The van der Waals surface area contributed by atoms with Crippen LogP contribution in [0.3, 0.4) is 0 Å². The zero-order chi connectivity index (χ0) is 7.56. The molecule has 0 fully saturated rings. The van der Waals surface area contributed by atoms with Gasteiger partial charge >= 0.3 is 0 Å². The molecule has 0 N–H and O–H groups in total. The van der Waals surface area contributed by atoms with Crippen molar-refractivity contribution in [1.29, 1.82) is 0 Å². The second-order valence-corrected chi connectivity index (χ2v) is 3.28. The number of hydrogen-bond donors (Lipinski definition) is 0. The van der Waals surface area contributed by atoms with Gasteiger partial charge < -0.3 is 0 Å². The Hall–Kier alpha value is -0.230. The normalized spacial score (nSPS) is 32.1. The third kappa shape index (κ3) is 1.63. The predicted molar refractivity (Wildman–Crippen MR) is 46.0 cm³/mol. The number of allylic oxidation sites excluding steroid dienone is 4. The van der Waals surface area contributed by atoms with Gasteiger partial charge in [0.2, 0.25) is 0 Å². The molecule has 0 aromatic carbocycles. The Labute approximate surface area is 67.6 Å². The van der Waals surface area contributed by atoms with E-state index in [1.807, 2.05) is 6.08 Å². The summed E-state index contributed by atoms with van der Waals surface area (Å²) in [5.74, 6) is 1.31. The van der Waals surface area contributed by atoms with Crippen molar-refractivity contribution in [2.24, 2.45) is 11.8 Å². The Morgan fingerprint density at radius 2 is 2.30 bits per heavy atom. The van der Waals surface area contributed by atoms with E-state index >= 15 is 0 Å². The molecular weight excluding hydrogens is 144 g/mol. The molecule has 0 aromatic rings. The van der Waals surface area contributed by atoms with Crippen molar-refractivity contribution in [3.63, 3.8) is 0 Å². The van der Waals surface area contributed by atoms with Gasteiger partial charge in [-0.3, -0.25) is 0 Å². The Bertz CT molecular complexity index is 168. The van der Waals surface area contributed by atoms with E-state index in [1.165, 1.54) is 6.42 Å². The average Bonchev–Trinajstić information content (AvgIpc) is 1.94. The predicted octanol–water partition coefficient (Wildman–Crippen LogP) is 3.34. The molecule has 56 valence electrons. The summed E-state index contributed by atoms with van der Waals surface area (Å²) in [7, 11) is 0. The van der Waals surface area contributed by atoms with Crippen LogP contribution in [0.25, 0.3) is 0 Å². The molecule has 1 aliphatic rings. The van der Waals surface area contributed by atoms with Crippen molar-refractivity contribution >= 4 is 11.6 Å². The Balaban J connectivity index is 2.67. The molecule has 1 rings (SSSR count). The summed E-state index contributed by atoms with van der Waals surface area (Å²) >= 11 is 5.83. The van der Waals surface area contributed by atoms with Gasteiger partial charge in [-0.25, -0.2) is 0 Å². The van der Waals surface area contributed by atoms with Crippen molar-refractivity contribution in [1.82, 2.24) is 0 Å². The molecule has 0 aromatic heterocycles. The maximum Gasteiger partial charge on any atom is 0.0366 e. The quantitative estimate of drug-likeness (QED) is 0.546. The fourth-order valence-electron chi connectivity index (χ4n) is 1.29. The van der Waals surface area contributed by atoms with E-state index < -0.39 is 0 Å². The van der Waals surface area contributed by atoms with Crippen LogP contribution in [0.15, 0.2) is 23.3 Å². The SMILES string of the molecule is CCC1C=C(Cl)C=CC1C. The molecule has 0 aliphatic heterocycles. The zero-order valence-corrected chi connectivity index (χ0v) is 7.23. The highest BCUT2D eigenvalue weighted by Gasteiger charge is 2.13. The van der Waals surface area contributed by atoms with E-state index in [2.05, 4.69) is 26.0 Å². The Morgan fingerprint density at radius 1 is 1.60 bits per heavy atom. The molecule has 0 saturated carbocycles. The first-order valence-electron chi connectivity index (χ1n) is 3.79. The summed E-state index contributed by atoms with van der Waals surface area (Å²) in [5, 5.41) is 0.893. The van der Waals surface area contributed by atoms with E-state index in [1.54, 1.807) is 0 Å². The topological polar surface area (TPSA) is 0 Å². The van der Waals surface area contributed by atoms with Crippen LogP contribution in [0.2, 0.25) is 0 Å². The van der Waals surface area contributed by atoms with Gasteiger partial charge in [0.25, 0.3) is 0 Å². The maximum atomic E-state index is 5.83. The number of hydrogen-bond acceptors (Lipinski definition) is 0. The molecule has 0 nitrogen and oxygen atoms in total. The average molecular weight is 157 g/mol. The van der Waals surface area contributed by atoms with Crippen molar-refractivity contribution in [2.75, 3.05) is 0 Å². The first-order chi connectivity index (χ1) is 4.74. The second-order valence-electron chi connectivity index (χ2n) is 2.84. The summed E-state index contributed by atoms with van der Waals surface area (Å²) in [6.07, 6.45) is 7.49. The van der Waals surface area contributed by atoms with E-state index in [-0.39, 0.29) is 0 Å². The Morgan fingerprint density at radius 3 is 2.80 bits per heavy atom. The van der Waals surface area contributed by atoms with E-state index in [0.717, 1.165) is 5.03 Å². The summed E-state index contributed by atoms with van der Waals surface area (Å²) in [4.78, 5) is 0. The van der Waals surface area contributed by atoms with Gasteiger partial charge in [-0.1, -0.05) is 37.6 Å². The van der Waals surface area contributed by atoms with Crippen LogP contribution in [-0.2, 0) is 0 Å². The van der Waals surface area contributed by atoms with Gasteiger partial charge in [0, 0.05) is 5.03 Å². The van der Waals surface area contributed by atoms with Crippen LogP contribution < -0.4 is 0 Å². The lowest BCUT2D eigenvalue weighted by atomic mass is 9.88. The van der Waals surface area contributed by atoms with Gasteiger partial charge in [0.1, 0.15) is 0 Å². The lowest BCUT2D eigenvalue weighted by Crippen LogP contribution is -2.08.